The van der Waals surface area contributed by atoms with E-state index in [4.69, 9.17) is 0 Å². The molecule has 2 aromatic rings. The lowest BCUT2D eigenvalue weighted by Crippen LogP contribution is -1.99. The van der Waals surface area contributed by atoms with Gasteiger partial charge >= 0.3 is 0 Å². The van der Waals surface area contributed by atoms with Gasteiger partial charge in [0, 0.05) is 11.3 Å². The van der Waals surface area contributed by atoms with Gasteiger partial charge in [0.25, 0.3) is 0 Å². The number of allylic oxidation sites excluding steroid dienone is 4. The molecule has 0 unspecified atom stereocenters. The number of hydrogen-bond donors (Lipinski definition) is 0. The van der Waals surface area contributed by atoms with Gasteiger partial charge in [0.05, 0.1) is 11.9 Å². The fourth-order valence-electron chi connectivity index (χ4n) is 2.24. The minimum atomic E-state index is -0.251. The van der Waals surface area contributed by atoms with E-state index in [0.717, 1.165) is 35.4 Å². The Morgan fingerprint density at radius 3 is 2.59 bits per heavy atom. The van der Waals surface area contributed by atoms with Crippen LogP contribution in [0, 0.1) is 12.7 Å². The lowest BCUT2D eigenvalue weighted by Gasteiger charge is -2.06. The topological polar surface area (TPSA) is 17.8 Å². The van der Waals surface area contributed by atoms with Crippen molar-refractivity contribution < 1.29 is 4.39 Å². The Hall–Kier alpha value is -2.42. The molecule has 1 aromatic carbocycles. The summed E-state index contributed by atoms with van der Waals surface area (Å²) < 4.78 is 14.8. The summed E-state index contributed by atoms with van der Waals surface area (Å²) in [6, 6.07) is 6.31. The molecule has 1 heterocycles. The summed E-state index contributed by atoms with van der Waals surface area (Å²) in [7, 11) is 0. The van der Waals surface area contributed by atoms with Gasteiger partial charge in [0.1, 0.15) is 5.82 Å². The van der Waals surface area contributed by atoms with Gasteiger partial charge in [0.15, 0.2) is 0 Å². The normalized spacial score (nSPS) is 11.5. The molecule has 2 nitrogen and oxygen atoms in total. The highest BCUT2D eigenvalue weighted by Crippen LogP contribution is 2.23. The number of aromatic nitrogens is 2. The molecule has 0 radical (unpaired) electrons. The van der Waals surface area contributed by atoms with E-state index in [9.17, 15) is 4.39 Å². The predicted molar refractivity (Wildman–Crippen MR) is 90.5 cm³/mol. The molecule has 0 spiro atoms. The van der Waals surface area contributed by atoms with Crippen LogP contribution >= 0.6 is 0 Å². The molecule has 0 saturated heterocycles. The second-order valence-corrected chi connectivity index (χ2v) is 5.20. The Morgan fingerprint density at radius 1 is 1.32 bits per heavy atom. The van der Waals surface area contributed by atoms with Gasteiger partial charge in [-0.25, -0.2) is 9.07 Å². The number of hydrogen-bond acceptors (Lipinski definition) is 1. The molecule has 0 atom stereocenters. The third kappa shape index (κ3) is 3.42. The van der Waals surface area contributed by atoms with Crippen molar-refractivity contribution in [1.82, 2.24) is 9.78 Å². The monoisotopic (exact) mass is 296 g/mol. The first kappa shape index (κ1) is 16.0. The van der Waals surface area contributed by atoms with Gasteiger partial charge in [-0.3, -0.25) is 0 Å². The number of nitrogens with zero attached hydrogens (tertiary/aromatic N) is 2. The molecule has 0 aliphatic rings. The molecule has 2 rings (SSSR count). The molecule has 22 heavy (non-hydrogen) atoms. The second kappa shape index (κ2) is 7.03. The van der Waals surface area contributed by atoms with Gasteiger partial charge in [0.2, 0.25) is 0 Å². The summed E-state index contributed by atoms with van der Waals surface area (Å²) in [5, 5.41) is 4.41. The fraction of sp³-hybridized carbons (Fsp3) is 0.211. The van der Waals surface area contributed by atoms with Crippen LogP contribution in [0.4, 0.5) is 4.39 Å². The average molecular weight is 296 g/mol. The van der Waals surface area contributed by atoms with Gasteiger partial charge in [-0.2, -0.15) is 5.10 Å². The molecule has 0 saturated carbocycles. The largest absolute Gasteiger partial charge is 0.237 e. The van der Waals surface area contributed by atoms with Gasteiger partial charge in [-0.15, -0.1) is 0 Å². The first-order valence-corrected chi connectivity index (χ1v) is 7.37. The lowest BCUT2D eigenvalue weighted by atomic mass is 10.0. The van der Waals surface area contributed by atoms with E-state index in [0.29, 0.717) is 0 Å². The Morgan fingerprint density at radius 2 is 2.00 bits per heavy atom. The predicted octanol–water partition coefficient (Wildman–Crippen LogP) is 5.25. The zero-order valence-electron chi connectivity index (χ0n) is 13.1. The number of rotatable bonds is 6. The van der Waals surface area contributed by atoms with Gasteiger partial charge in [-0.05, 0) is 49.6 Å². The maximum atomic E-state index is 13.0. The average Bonchev–Trinajstić information content (AvgIpc) is 2.90. The SMILES string of the molecule is C=CC(=CCC(=C)CC)c1cnn(-c2ccc(F)cc2)c1C. The zero-order valence-corrected chi connectivity index (χ0v) is 13.1. The minimum Gasteiger partial charge on any atom is -0.237 e. The van der Waals surface area contributed by atoms with E-state index in [2.05, 4.69) is 31.3 Å². The van der Waals surface area contributed by atoms with E-state index < -0.39 is 0 Å². The van der Waals surface area contributed by atoms with Crippen LogP contribution in [0.1, 0.15) is 31.0 Å². The highest BCUT2D eigenvalue weighted by atomic mass is 19.1. The molecule has 1 aromatic heterocycles. The van der Waals surface area contributed by atoms with Crippen LogP contribution in [0.15, 0.2) is 61.3 Å². The smallest absolute Gasteiger partial charge is 0.123 e. The first-order valence-electron chi connectivity index (χ1n) is 7.37. The van der Waals surface area contributed by atoms with Crippen molar-refractivity contribution in [2.45, 2.75) is 26.7 Å². The maximum absolute atomic E-state index is 13.0. The van der Waals surface area contributed by atoms with Gasteiger partial charge in [-0.1, -0.05) is 37.8 Å². The Bertz CT molecular complexity index is 706. The number of halogens is 1. The van der Waals surface area contributed by atoms with Crippen LogP contribution in [0.2, 0.25) is 0 Å². The Kier molecular flexibility index (Phi) is 5.10. The van der Waals surface area contributed by atoms with Crippen LogP contribution in [-0.4, -0.2) is 9.78 Å². The standard InChI is InChI=1S/C19H21FN2/c1-5-14(3)7-8-16(6-2)19-13-21-22(15(19)4)18-11-9-17(20)10-12-18/h6,8-13H,2-3,5,7H2,1,4H3. The van der Waals surface area contributed by atoms with Crippen molar-refractivity contribution in [3.8, 4) is 5.69 Å². The summed E-state index contributed by atoms with van der Waals surface area (Å²) in [6.45, 7) is 12.0. The molecular weight excluding hydrogens is 275 g/mol. The Balaban J connectivity index is 2.35. The fourth-order valence-corrected chi connectivity index (χ4v) is 2.24. The highest BCUT2D eigenvalue weighted by Gasteiger charge is 2.10. The van der Waals surface area contributed by atoms with Crippen molar-refractivity contribution >= 4 is 5.57 Å². The molecule has 0 fully saturated rings. The van der Waals surface area contributed by atoms with Crippen LogP contribution in [0.5, 0.6) is 0 Å². The third-order valence-electron chi connectivity index (χ3n) is 3.72. The Labute approximate surface area is 131 Å². The lowest BCUT2D eigenvalue weighted by molar-refractivity contribution is 0.627. The molecule has 0 amide bonds. The van der Waals surface area contributed by atoms with Crippen molar-refractivity contribution in [2.75, 3.05) is 0 Å². The molecule has 0 aliphatic heterocycles. The first-order chi connectivity index (χ1) is 10.6. The van der Waals surface area contributed by atoms with Crippen LogP contribution in [0.3, 0.4) is 0 Å². The van der Waals surface area contributed by atoms with E-state index in [1.54, 1.807) is 16.8 Å². The van der Waals surface area contributed by atoms with Gasteiger partial charge < -0.3 is 0 Å². The number of benzene rings is 1. The van der Waals surface area contributed by atoms with Crippen molar-refractivity contribution in [3.05, 3.63) is 78.4 Å². The minimum absolute atomic E-state index is 0.251. The summed E-state index contributed by atoms with van der Waals surface area (Å²) in [4.78, 5) is 0. The van der Waals surface area contributed by atoms with E-state index >= 15 is 0 Å². The molecular formula is C19H21FN2. The van der Waals surface area contributed by atoms with E-state index in [-0.39, 0.29) is 5.82 Å². The van der Waals surface area contributed by atoms with Crippen molar-refractivity contribution in [3.63, 3.8) is 0 Å². The zero-order chi connectivity index (χ0) is 16.1. The third-order valence-corrected chi connectivity index (χ3v) is 3.72. The maximum Gasteiger partial charge on any atom is 0.123 e. The quantitative estimate of drug-likeness (QED) is 0.526. The van der Waals surface area contributed by atoms with Crippen molar-refractivity contribution in [2.24, 2.45) is 0 Å². The molecule has 0 aliphatic carbocycles. The summed E-state index contributed by atoms with van der Waals surface area (Å²) in [5.41, 5.74) is 5.10. The van der Waals surface area contributed by atoms with Crippen molar-refractivity contribution in [1.29, 1.82) is 0 Å². The van der Waals surface area contributed by atoms with Crippen LogP contribution in [-0.2, 0) is 0 Å². The second-order valence-electron chi connectivity index (χ2n) is 5.20. The van der Waals surface area contributed by atoms with Crippen LogP contribution in [0.25, 0.3) is 11.3 Å². The summed E-state index contributed by atoms with van der Waals surface area (Å²) >= 11 is 0. The van der Waals surface area contributed by atoms with E-state index in [1.165, 1.54) is 17.7 Å². The molecule has 0 bridgehead atoms. The highest BCUT2D eigenvalue weighted by molar-refractivity contribution is 5.75. The van der Waals surface area contributed by atoms with E-state index in [1.807, 2.05) is 19.2 Å². The molecule has 3 heteroatoms. The molecule has 0 N–H and O–H groups in total. The summed E-state index contributed by atoms with van der Waals surface area (Å²) in [5.74, 6) is -0.251. The van der Waals surface area contributed by atoms with Crippen LogP contribution < -0.4 is 0 Å². The summed E-state index contributed by atoms with van der Waals surface area (Å²) in [6.07, 6.45) is 7.58. The molecule has 114 valence electrons.